The Bertz CT molecular complexity index is 559. The van der Waals surface area contributed by atoms with Crippen molar-refractivity contribution in [1.82, 2.24) is 4.98 Å². The molecule has 0 radical (unpaired) electrons. The van der Waals surface area contributed by atoms with Crippen LogP contribution < -0.4 is 5.73 Å². The van der Waals surface area contributed by atoms with Crippen molar-refractivity contribution >= 4 is 22.5 Å². The van der Waals surface area contributed by atoms with Crippen LogP contribution in [0.15, 0.2) is 24.4 Å². The summed E-state index contributed by atoms with van der Waals surface area (Å²) in [7, 11) is 0. The molecule has 0 fully saturated rings. The molecule has 0 atom stereocenters. The zero-order valence-electron chi connectivity index (χ0n) is 7.56. The SMILES string of the molecule is NC(=O)c1cc([N+](=O)[O-])cc2cc[nH]c12. The minimum Gasteiger partial charge on any atom is -0.366 e. The quantitative estimate of drug-likeness (QED) is 0.568. The first-order chi connectivity index (χ1) is 7.09. The lowest BCUT2D eigenvalue weighted by Crippen LogP contribution is -2.11. The molecule has 1 heterocycles. The molecule has 2 aromatic rings. The summed E-state index contributed by atoms with van der Waals surface area (Å²) in [5.41, 5.74) is 5.63. The first kappa shape index (κ1) is 9.20. The van der Waals surface area contributed by atoms with Crippen molar-refractivity contribution in [1.29, 1.82) is 0 Å². The lowest BCUT2D eigenvalue weighted by Gasteiger charge is -1.98. The van der Waals surface area contributed by atoms with Crippen LogP contribution in [0.4, 0.5) is 5.69 Å². The lowest BCUT2D eigenvalue weighted by molar-refractivity contribution is -0.384. The number of aromatic amines is 1. The minimum absolute atomic E-state index is 0.129. The zero-order chi connectivity index (χ0) is 11.0. The third-order valence-electron chi connectivity index (χ3n) is 2.12. The fourth-order valence-corrected chi connectivity index (χ4v) is 1.46. The van der Waals surface area contributed by atoms with Crippen LogP contribution in [0.1, 0.15) is 10.4 Å². The Morgan fingerprint density at radius 3 is 2.80 bits per heavy atom. The number of aromatic nitrogens is 1. The molecule has 0 aliphatic carbocycles. The Morgan fingerprint density at radius 2 is 2.20 bits per heavy atom. The second kappa shape index (κ2) is 3.09. The van der Waals surface area contributed by atoms with Crippen LogP contribution in [0.3, 0.4) is 0 Å². The predicted octanol–water partition coefficient (Wildman–Crippen LogP) is 1.17. The van der Waals surface area contributed by atoms with E-state index in [1.54, 1.807) is 12.3 Å². The third kappa shape index (κ3) is 1.41. The summed E-state index contributed by atoms with van der Waals surface area (Å²) in [4.78, 5) is 23.9. The van der Waals surface area contributed by atoms with Gasteiger partial charge in [0.2, 0.25) is 0 Å². The van der Waals surface area contributed by atoms with E-state index in [1.165, 1.54) is 12.1 Å². The normalized spacial score (nSPS) is 10.4. The molecular weight excluding hydrogens is 198 g/mol. The second-order valence-electron chi connectivity index (χ2n) is 3.06. The number of amides is 1. The highest BCUT2D eigenvalue weighted by Gasteiger charge is 2.15. The van der Waals surface area contributed by atoms with Crippen LogP contribution in [0, 0.1) is 10.1 Å². The Kier molecular flexibility index (Phi) is 1.89. The molecule has 0 aliphatic rings. The summed E-state index contributed by atoms with van der Waals surface area (Å²) in [5.74, 6) is -0.689. The Balaban J connectivity index is 2.80. The van der Waals surface area contributed by atoms with Gasteiger partial charge >= 0.3 is 0 Å². The second-order valence-corrected chi connectivity index (χ2v) is 3.06. The number of rotatable bonds is 2. The highest BCUT2D eigenvalue weighted by molar-refractivity contribution is 6.05. The number of primary amides is 1. The molecule has 0 bridgehead atoms. The van der Waals surface area contributed by atoms with Gasteiger partial charge in [0.15, 0.2) is 0 Å². The monoisotopic (exact) mass is 205 g/mol. The summed E-state index contributed by atoms with van der Waals surface area (Å²) in [6.45, 7) is 0. The number of fused-ring (bicyclic) bond motifs is 1. The molecule has 0 aliphatic heterocycles. The first-order valence-electron chi connectivity index (χ1n) is 4.15. The average Bonchev–Trinajstić information content (AvgIpc) is 2.62. The zero-order valence-corrected chi connectivity index (χ0v) is 7.56. The fraction of sp³-hybridized carbons (Fsp3) is 0. The number of nitrogens with one attached hydrogen (secondary N) is 1. The summed E-state index contributed by atoms with van der Waals surface area (Å²) in [5, 5.41) is 11.2. The number of H-pyrrole nitrogens is 1. The molecule has 0 saturated carbocycles. The largest absolute Gasteiger partial charge is 0.366 e. The van der Waals surface area contributed by atoms with E-state index >= 15 is 0 Å². The average molecular weight is 205 g/mol. The predicted molar refractivity (Wildman–Crippen MR) is 53.5 cm³/mol. The van der Waals surface area contributed by atoms with Crippen molar-refractivity contribution in [2.45, 2.75) is 0 Å². The fourth-order valence-electron chi connectivity index (χ4n) is 1.46. The molecule has 1 aromatic carbocycles. The van der Waals surface area contributed by atoms with Gasteiger partial charge in [-0.1, -0.05) is 0 Å². The molecule has 1 amide bonds. The van der Waals surface area contributed by atoms with Gasteiger partial charge in [0.1, 0.15) is 0 Å². The Labute approximate surface area is 83.8 Å². The van der Waals surface area contributed by atoms with Crippen molar-refractivity contribution in [3.05, 3.63) is 40.1 Å². The lowest BCUT2D eigenvalue weighted by atomic mass is 10.1. The maximum Gasteiger partial charge on any atom is 0.270 e. The van der Waals surface area contributed by atoms with Gasteiger partial charge in [-0.15, -0.1) is 0 Å². The van der Waals surface area contributed by atoms with E-state index in [2.05, 4.69) is 4.98 Å². The molecule has 3 N–H and O–H groups in total. The van der Waals surface area contributed by atoms with Crippen molar-refractivity contribution in [2.75, 3.05) is 0 Å². The number of hydrogen-bond acceptors (Lipinski definition) is 3. The van der Waals surface area contributed by atoms with E-state index in [4.69, 9.17) is 5.73 Å². The number of carbonyl (C=O) groups excluding carboxylic acids is 1. The van der Waals surface area contributed by atoms with Crippen LogP contribution in [0.2, 0.25) is 0 Å². The van der Waals surface area contributed by atoms with Gasteiger partial charge in [0, 0.05) is 23.7 Å². The van der Waals surface area contributed by atoms with E-state index in [1.807, 2.05) is 0 Å². The first-order valence-corrected chi connectivity index (χ1v) is 4.15. The molecule has 1 aromatic heterocycles. The molecular formula is C9H7N3O3. The molecule has 0 unspecified atom stereocenters. The number of carbonyl (C=O) groups is 1. The maximum absolute atomic E-state index is 11.1. The maximum atomic E-state index is 11.1. The van der Waals surface area contributed by atoms with Gasteiger partial charge < -0.3 is 10.7 Å². The summed E-state index contributed by atoms with van der Waals surface area (Å²) >= 11 is 0. The number of nitrogens with zero attached hydrogens (tertiary/aromatic N) is 1. The van der Waals surface area contributed by atoms with Crippen LogP contribution in [-0.2, 0) is 0 Å². The number of hydrogen-bond donors (Lipinski definition) is 2. The molecule has 0 spiro atoms. The van der Waals surface area contributed by atoms with E-state index in [9.17, 15) is 14.9 Å². The van der Waals surface area contributed by atoms with E-state index in [0.29, 0.717) is 10.9 Å². The standard InChI is InChI=1S/C9H7N3O3/c10-9(13)7-4-6(12(14)15)3-5-1-2-11-8(5)7/h1-4,11H,(H2,10,13). The van der Waals surface area contributed by atoms with Gasteiger partial charge in [-0.25, -0.2) is 0 Å². The van der Waals surface area contributed by atoms with Crippen LogP contribution in [-0.4, -0.2) is 15.8 Å². The van der Waals surface area contributed by atoms with E-state index in [0.717, 1.165) is 0 Å². The summed E-state index contributed by atoms with van der Waals surface area (Å²) in [6, 6.07) is 4.20. The number of nitrogens with two attached hydrogens (primary N) is 1. The van der Waals surface area contributed by atoms with Gasteiger partial charge in [0.05, 0.1) is 16.0 Å². The van der Waals surface area contributed by atoms with E-state index in [-0.39, 0.29) is 11.3 Å². The van der Waals surface area contributed by atoms with Crippen molar-refractivity contribution < 1.29 is 9.72 Å². The molecule has 76 valence electrons. The van der Waals surface area contributed by atoms with E-state index < -0.39 is 10.8 Å². The van der Waals surface area contributed by atoms with Crippen LogP contribution >= 0.6 is 0 Å². The molecule has 6 heteroatoms. The van der Waals surface area contributed by atoms with Crippen molar-refractivity contribution in [3.63, 3.8) is 0 Å². The van der Waals surface area contributed by atoms with Gasteiger partial charge in [0.25, 0.3) is 11.6 Å². The summed E-state index contributed by atoms with van der Waals surface area (Å²) < 4.78 is 0. The number of non-ortho nitro benzene ring substituents is 1. The topological polar surface area (TPSA) is 102 Å². The number of benzene rings is 1. The van der Waals surface area contributed by atoms with Crippen LogP contribution in [0.5, 0.6) is 0 Å². The van der Waals surface area contributed by atoms with Crippen molar-refractivity contribution in [3.8, 4) is 0 Å². The molecule has 0 saturated heterocycles. The number of nitro groups is 1. The molecule has 15 heavy (non-hydrogen) atoms. The summed E-state index contributed by atoms with van der Waals surface area (Å²) in [6.07, 6.45) is 1.60. The Hall–Kier alpha value is -2.37. The highest BCUT2D eigenvalue weighted by atomic mass is 16.6. The van der Waals surface area contributed by atoms with Crippen LogP contribution in [0.25, 0.3) is 10.9 Å². The van der Waals surface area contributed by atoms with Gasteiger partial charge in [-0.3, -0.25) is 14.9 Å². The third-order valence-corrected chi connectivity index (χ3v) is 2.12. The van der Waals surface area contributed by atoms with Crippen molar-refractivity contribution in [2.24, 2.45) is 5.73 Å². The minimum atomic E-state index is -0.689. The molecule has 6 nitrogen and oxygen atoms in total. The van der Waals surface area contributed by atoms with Gasteiger partial charge in [-0.05, 0) is 6.07 Å². The smallest absolute Gasteiger partial charge is 0.270 e. The molecule has 2 rings (SSSR count). The Morgan fingerprint density at radius 1 is 1.47 bits per heavy atom. The number of nitro benzene ring substituents is 1. The van der Waals surface area contributed by atoms with Gasteiger partial charge in [-0.2, -0.15) is 0 Å². The highest BCUT2D eigenvalue weighted by Crippen LogP contribution is 2.23.